The Balaban J connectivity index is 1.91. The van der Waals surface area contributed by atoms with Crippen LogP contribution in [0.5, 0.6) is 5.75 Å². The summed E-state index contributed by atoms with van der Waals surface area (Å²) in [6.07, 6.45) is 2.27. The molecular formula is C14H22N2O. The van der Waals surface area contributed by atoms with E-state index in [1.165, 1.54) is 18.7 Å². The molecule has 3 nitrogen and oxygen atoms in total. The van der Waals surface area contributed by atoms with Gasteiger partial charge in [0.25, 0.3) is 0 Å². The van der Waals surface area contributed by atoms with Crippen LogP contribution in [-0.4, -0.2) is 37.7 Å². The molecule has 0 amide bonds. The molecule has 2 rings (SSSR count). The molecule has 94 valence electrons. The van der Waals surface area contributed by atoms with E-state index in [1.807, 2.05) is 12.1 Å². The molecular weight excluding hydrogens is 212 g/mol. The molecule has 1 fully saturated rings. The fraction of sp³-hybridized carbons (Fsp3) is 0.571. The molecule has 0 aromatic heterocycles. The fourth-order valence-electron chi connectivity index (χ4n) is 2.18. The van der Waals surface area contributed by atoms with Gasteiger partial charge >= 0.3 is 0 Å². The number of nitrogens with zero attached hydrogens (tertiary/aromatic N) is 1. The number of benzene rings is 1. The molecule has 1 aromatic carbocycles. The Kier molecular flexibility index (Phi) is 4.26. The highest BCUT2D eigenvalue weighted by molar-refractivity contribution is 5.49. The molecule has 1 saturated heterocycles. The van der Waals surface area contributed by atoms with Crippen molar-refractivity contribution in [3.8, 4) is 5.75 Å². The maximum Gasteiger partial charge on any atom is 0.121 e. The van der Waals surface area contributed by atoms with E-state index in [1.54, 1.807) is 0 Å². The zero-order valence-electron chi connectivity index (χ0n) is 10.8. The van der Waals surface area contributed by atoms with Gasteiger partial charge < -0.3 is 15.0 Å². The third-order valence-corrected chi connectivity index (χ3v) is 3.07. The number of likely N-dealkylation sites (tertiary alicyclic amines) is 1. The second-order valence-electron chi connectivity index (χ2n) is 4.77. The Morgan fingerprint density at radius 3 is 3.06 bits per heavy atom. The first-order valence-corrected chi connectivity index (χ1v) is 6.46. The maximum atomic E-state index is 5.63. The molecule has 0 bridgehead atoms. The summed E-state index contributed by atoms with van der Waals surface area (Å²) in [6, 6.07) is 8.83. The van der Waals surface area contributed by atoms with Gasteiger partial charge in [0.15, 0.2) is 0 Å². The maximum absolute atomic E-state index is 5.63. The Morgan fingerprint density at radius 1 is 1.47 bits per heavy atom. The van der Waals surface area contributed by atoms with Crippen LogP contribution in [0.1, 0.15) is 19.8 Å². The minimum Gasteiger partial charge on any atom is -0.494 e. The van der Waals surface area contributed by atoms with E-state index in [4.69, 9.17) is 4.74 Å². The molecule has 1 aliphatic rings. The van der Waals surface area contributed by atoms with E-state index < -0.39 is 0 Å². The van der Waals surface area contributed by atoms with Crippen molar-refractivity contribution in [2.75, 3.05) is 32.1 Å². The second kappa shape index (κ2) is 5.92. The summed E-state index contributed by atoms with van der Waals surface area (Å²) in [7, 11) is 2.17. The summed E-state index contributed by atoms with van der Waals surface area (Å²) in [6.45, 7) is 5.22. The first kappa shape index (κ1) is 12.2. The van der Waals surface area contributed by atoms with Crippen LogP contribution >= 0.6 is 0 Å². The van der Waals surface area contributed by atoms with E-state index >= 15 is 0 Å². The summed E-state index contributed by atoms with van der Waals surface area (Å²) in [5.74, 6) is 0.961. The number of likely N-dealkylation sites (N-methyl/N-ethyl adjacent to an activating group) is 1. The van der Waals surface area contributed by atoms with Gasteiger partial charge in [0, 0.05) is 24.3 Å². The number of ether oxygens (including phenoxy) is 1. The number of hydrogen-bond acceptors (Lipinski definition) is 3. The third kappa shape index (κ3) is 3.63. The molecule has 1 N–H and O–H groups in total. The van der Waals surface area contributed by atoms with Gasteiger partial charge in [-0.05, 0) is 38.6 Å². The van der Waals surface area contributed by atoms with Crippen LogP contribution in [0.25, 0.3) is 0 Å². The van der Waals surface area contributed by atoms with Crippen molar-refractivity contribution in [1.82, 2.24) is 4.90 Å². The molecule has 1 aliphatic heterocycles. The Labute approximate surface area is 104 Å². The monoisotopic (exact) mass is 234 g/mol. The highest BCUT2D eigenvalue weighted by Crippen LogP contribution is 2.20. The van der Waals surface area contributed by atoms with E-state index in [0.29, 0.717) is 6.04 Å². The molecule has 0 spiro atoms. The van der Waals surface area contributed by atoms with Crippen molar-refractivity contribution in [2.45, 2.75) is 25.8 Å². The van der Waals surface area contributed by atoms with Crippen molar-refractivity contribution in [3.05, 3.63) is 24.3 Å². The lowest BCUT2D eigenvalue weighted by atomic mass is 10.2. The fourth-order valence-corrected chi connectivity index (χ4v) is 2.18. The first-order valence-electron chi connectivity index (χ1n) is 6.46. The van der Waals surface area contributed by atoms with E-state index in [2.05, 4.69) is 36.3 Å². The molecule has 1 unspecified atom stereocenters. The minimum absolute atomic E-state index is 0.571. The number of rotatable bonds is 5. The van der Waals surface area contributed by atoms with E-state index in [9.17, 15) is 0 Å². The zero-order valence-corrected chi connectivity index (χ0v) is 10.8. The summed E-state index contributed by atoms with van der Waals surface area (Å²) in [5, 5.41) is 3.57. The molecule has 0 radical (unpaired) electrons. The van der Waals surface area contributed by atoms with Crippen LogP contribution in [0.4, 0.5) is 5.69 Å². The third-order valence-electron chi connectivity index (χ3n) is 3.07. The second-order valence-corrected chi connectivity index (χ2v) is 4.77. The van der Waals surface area contributed by atoms with E-state index in [-0.39, 0.29) is 0 Å². The molecule has 3 heteroatoms. The van der Waals surface area contributed by atoms with Crippen molar-refractivity contribution < 1.29 is 4.74 Å². The number of hydrogen-bond donors (Lipinski definition) is 1. The standard InChI is InChI=1S/C14H22N2O/c1-3-9-17-14-6-4-5-12(10-14)15-13-7-8-16(2)11-13/h4-6,10,13,15H,3,7-9,11H2,1-2H3. The molecule has 0 aliphatic carbocycles. The van der Waals surface area contributed by atoms with Crippen molar-refractivity contribution >= 4 is 5.69 Å². The van der Waals surface area contributed by atoms with E-state index in [0.717, 1.165) is 25.3 Å². The summed E-state index contributed by atoms with van der Waals surface area (Å²) in [4.78, 5) is 2.36. The lowest BCUT2D eigenvalue weighted by Gasteiger charge is -2.15. The molecule has 1 heterocycles. The Hall–Kier alpha value is -1.22. The van der Waals surface area contributed by atoms with Gasteiger partial charge in [0.2, 0.25) is 0 Å². The lowest BCUT2D eigenvalue weighted by molar-refractivity contribution is 0.317. The minimum atomic E-state index is 0.571. The molecule has 1 aromatic rings. The summed E-state index contributed by atoms with van der Waals surface area (Å²) >= 11 is 0. The van der Waals surface area contributed by atoms with Crippen molar-refractivity contribution in [3.63, 3.8) is 0 Å². The Bertz CT molecular complexity index is 354. The van der Waals surface area contributed by atoms with Crippen LogP contribution in [0.15, 0.2) is 24.3 Å². The number of anilines is 1. The van der Waals surface area contributed by atoms with Gasteiger partial charge in [-0.25, -0.2) is 0 Å². The molecule has 17 heavy (non-hydrogen) atoms. The van der Waals surface area contributed by atoms with Gasteiger partial charge in [-0.3, -0.25) is 0 Å². The van der Waals surface area contributed by atoms with Crippen molar-refractivity contribution in [1.29, 1.82) is 0 Å². The van der Waals surface area contributed by atoms with Gasteiger partial charge in [0.05, 0.1) is 6.61 Å². The van der Waals surface area contributed by atoms with Crippen LogP contribution in [0.2, 0.25) is 0 Å². The number of nitrogens with one attached hydrogen (secondary N) is 1. The zero-order chi connectivity index (χ0) is 12.1. The quantitative estimate of drug-likeness (QED) is 0.847. The smallest absolute Gasteiger partial charge is 0.121 e. The average Bonchev–Trinajstić information content (AvgIpc) is 2.73. The molecule has 1 atom stereocenters. The topological polar surface area (TPSA) is 24.5 Å². The normalized spacial score (nSPS) is 20.5. The first-order chi connectivity index (χ1) is 8.28. The van der Waals surface area contributed by atoms with Gasteiger partial charge in [0.1, 0.15) is 5.75 Å². The summed E-state index contributed by atoms with van der Waals surface area (Å²) in [5.41, 5.74) is 1.17. The van der Waals surface area contributed by atoms with Crippen LogP contribution in [-0.2, 0) is 0 Å². The predicted molar refractivity (Wildman–Crippen MR) is 71.8 cm³/mol. The highest BCUT2D eigenvalue weighted by Gasteiger charge is 2.18. The SMILES string of the molecule is CCCOc1cccc(NC2CCN(C)C2)c1. The predicted octanol–water partition coefficient (Wildman–Crippen LogP) is 2.59. The largest absolute Gasteiger partial charge is 0.494 e. The average molecular weight is 234 g/mol. The van der Waals surface area contributed by atoms with Crippen LogP contribution < -0.4 is 10.1 Å². The summed E-state index contributed by atoms with van der Waals surface area (Å²) < 4.78 is 5.63. The van der Waals surface area contributed by atoms with Crippen LogP contribution in [0.3, 0.4) is 0 Å². The van der Waals surface area contributed by atoms with Crippen molar-refractivity contribution in [2.24, 2.45) is 0 Å². The lowest BCUT2D eigenvalue weighted by Crippen LogP contribution is -2.23. The van der Waals surface area contributed by atoms with Crippen LogP contribution in [0, 0.1) is 0 Å². The molecule has 0 saturated carbocycles. The highest BCUT2D eigenvalue weighted by atomic mass is 16.5. The van der Waals surface area contributed by atoms with Gasteiger partial charge in [-0.2, -0.15) is 0 Å². The van der Waals surface area contributed by atoms with Gasteiger partial charge in [-0.15, -0.1) is 0 Å². The van der Waals surface area contributed by atoms with Gasteiger partial charge in [-0.1, -0.05) is 13.0 Å². The Morgan fingerprint density at radius 2 is 2.35 bits per heavy atom.